The first kappa shape index (κ1) is 137. The number of carbonyl (C=O) groups is 10. The molecule has 0 fully saturated rings. The van der Waals surface area contributed by atoms with Gasteiger partial charge in [0.05, 0.1) is 0 Å². The molecular weight excluding hydrogens is 2790 g/mol. The molecule has 0 aromatic heterocycles. The van der Waals surface area contributed by atoms with E-state index in [-0.39, 0.29) is 296 Å². The second kappa shape index (κ2) is 131. The molecule has 31 heteroatoms. The molecule has 300 valence electrons. The van der Waals surface area contributed by atoms with Gasteiger partial charge in [0.15, 0.2) is 0 Å². The third-order valence-electron chi connectivity index (χ3n) is 0.625. The van der Waals surface area contributed by atoms with E-state index in [1.165, 1.54) is 0 Å². The largest absolute Gasteiger partial charge is 1.00 e. The van der Waals surface area contributed by atoms with E-state index in [1.807, 2.05) is 0 Å². The number of aliphatic carboxylic acids is 10. The van der Waals surface area contributed by atoms with Crippen LogP contribution in [0.3, 0.4) is 0 Å². The van der Waals surface area contributed by atoms with E-state index in [0.29, 0.717) is 0 Å². The van der Waals surface area contributed by atoms with Crippen LogP contribution in [0.5, 0.6) is 0 Å². The van der Waals surface area contributed by atoms with Gasteiger partial charge in [-0.15, -0.1) is 0 Å². The predicted molar refractivity (Wildman–Crippen MR) is 166 cm³/mol. The van der Waals surface area contributed by atoms with Crippen molar-refractivity contribution in [2.45, 2.75) is 69.2 Å². The normalized spacial score (nSPS) is 6.72. The average Bonchev–Trinajstić information content (AvgIpc) is 3.55. The molecule has 2 rings (SSSR count). The minimum absolute atomic E-state index is 0. The van der Waals surface area contributed by atoms with Gasteiger partial charge in [0.2, 0.25) is 0 Å². The summed E-state index contributed by atoms with van der Waals surface area (Å²) in [5.41, 5.74) is 0. The van der Waals surface area contributed by atoms with Gasteiger partial charge in [-0.25, -0.2) is 24.3 Å². The van der Waals surface area contributed by atoms with Crippen LogP contribution in [0.2, 0.25) is 0 Å². The summed E-state index contributed by atoms with van der Waals surface area (Å²) < 4.78 is 0. The SMILES string of the molecule is CC(=O)O.CC(=O)O.CC(=O)O.CC(=O)O.CC(=O)O.CC(=O)O.CC(=O)O.CC(=O)O.CC(=O)O.CC(=O)O.[C]1=[C][C-][C]=[C]1.[C]1=[C][C-][C]=[C]1.[Hg+].[Hg+].[Hg+].[Hg+].[Hg+].[Hg+].[Hg+].[Hg+].[Hg+].[Hg+].[Ru]. The minimum atomic E-state index is -0.833. The van der Waals surface area contributed by atoms with Crippen molar-refractivity contribution < 1.29 is 395 Å². The zero-order valence-corrected chi connectivity index (χ0v) is 92.7. The molecule has 0 aliphatic heterocycles. The molecular formula is C30H40Hg10O20Ru+8. The molecule has 0 spiro atoms. The van der Waals surface area contributed by atoms with E-state index in [9.17, 15) is 0 Å². The quantitative estimate of drug-likeness (QED) is 0.122. The molecule has 0 aromatic rings. The Morgan fingerprint density at radius 2 is 0.295 bits per heavy atom. The Hall–Kier alpha value is 3.37. The molecule has 0 heterocycles. The van der Waals surface area contributed by atoms with Crippen molar-refractivity contribution in [3.05, 3.63) is 61.4 Å². The fraction of sp³-hybridized carbons (Fsp3) is 0.333. The predicted octanol–water partition coefficient (Wildman–Crippen LogP) is 1.69. The Kier molecular flexibility index (Phi) is 295. The second-order valence-corrected chi connectivity index (χ2v) is 6.44. The maximum atomic E-state index is 9.00. The van der Waals surface area contributed by atoms with E-state index in [4.69, 9.17) is 99.0 Å². The molecule has 2 aliphatic carbocycles. The Balaban J connectivity index is -0.0000000148. The third kappa shape index (κ3) is 1330. The van der Waals surface area contributed by atoms with Gasteiger partial charge < -0.3 is 51.1 Å². The molecule has 61 heavy (non-hydrogen) atoms. The fourth-order valence-electron chi connectivity index (χ4n) is 0.312. The Labute approximate surface area is 574 Å². The smallest absolute Gasteiger partial charge is 0.481 e. The summed E-state index contributed by atoms with van der Waals surface area (Å²) in [6.45, 7) is 10.8. The van der Waals surface area contributed by atoms with Crippen LogP contribution in [0.4, 0.5) is 0 Å². The topological polar surface area (TPSA) is 373 Å². The van der Waals surface area contributed by atoms with Crippen LogP contribution in [-0.2, 0) is 344 Å². The molecule has 0 saturated heterocycles. The van der Waals surface area contributed by atoms with E-state index >= 15 is 0 Å². The second-order valence-electron chi connectivity index (χ2n) is 6.44. The van der Waals surface area contributed by atoms with Crippen molar-refractivity contribution in [2.24, 2.45) is 0 Å². The third-order valence-corrected chi connectivity index (χ3v) is 0.625. The number of carboxylic acids is 10. The van der Waals surface area contributed by atoms with E-state index in [1.54, 1.807) is 0 Å². The van der Waals surface area contributed by atoms with Gasteiger partial charge in [-0.2, -0.15) is 37.1 Å². The number of hydrogen-bond acceptors (Lipinski definition) is 10. The first-order valence-corrected chi connectivity index (χ1v) is 11.8. The number of allylic oxidation sites excluding steroid dienone is 8. The summed E-state index contributed by atoms with van der Waals surface area (Å²) in [5, 5.41) is 74.2. The van der Waals surface area contributed by atoms with Gasteiger partial charge in [-0.05, 0) is 0 Å². The van der Waals surface area contributed by atoms with Crippen LogP contribution in [-0.4, -0.2) is 111 Å². The summed E-state index contributed by atoms with van der Waals surface area (Å²) in [6, 6.07) is 0. The molecule has 0 atom stereocenters. The van der Waals surface area contributed by atoms with Crippen molar-refractivity contribution in [3.63, 3.8) is 0 Å². The molecule has 20 radical (unpaired) electrons. The van der Waals surface area contributed by atoms with Crippen LogP contribution in [0.15, 0.2) is 0 Å². The first-order chi connectivity index (χ1) is 22.3. The number of hydrogen-bond donors (Lipinski definition) is 10. The summed E-state index contributed by atoms with van der Waals surface area (Å²) in [4.78, 5) is 90.0. The fourth-order valence-corrected chi connectivity index (χ4v) is 0.312. The maximum absolute atomic E-state index is 9.00. The molecule has 0 aromatic carbocycles. The molecule has 0 bridgehead atoms. The molecule has 0 amide bonds. The van der Waals surface area contributed by atoms with Crippen LogP contribution in [0.25, 0.3) is 0 Å². The summed E-state index contributed by atoms with van der Waals surface area (Å²) >= 11 is 0. The van der Waals surface area contributed by atoms with Crippen molar-refractivity contribution in [1.82, 2.24) is 0 Å². The van der Waals surface area contributed by atoms with Gasteiger partial charge in [0.1, 0.15) is 0 Å². The van der Waals surface area contributed by atoms with Gasteiger partial charge in [0.25, 0.3) is 59.7 Å². The van der Waals surface area contributed by atoms with Gasteiger partial charge in [-0.3, -0.25) is 47.9 Å². The summed E-state index contributed by atoms with van der Waals surface area (Å²) in [6.07, 6.45) is 25.0. The molecule has 20 nitrogen and oxygen atoms in total. The van der Waals surface area contributed by atoms with Gasteiger partial charge >= 0.3 is 277 Å². The summed E-state index contributed by atoms with van der Waals surface area (Å²) in [7, 11) is 0. The average molecular weight is 2830 g/mol. The first-order valence-electron chi connectivity index (χ1n) is 11.8. The molecule has 10 N–H and O–H groups in total. The van der Waals surface area contributed by atoms with E-state index < -0.39 is 59.7 Å². The molecule has 0 saturated carbocycles. The van der Waals surface area contributed by atoms with E-state index in [0.717, 1.165) is 69.2 Å². The molecule has 2 aliphatic rings. The Morgan fingerprint density at radius 3 is 0.311 bits per heavy atom. The number of carboxylic acid groups (broad SMARTS) is 10. The van der Waals surface area contributed by atoms with Crippen LogP contribution < -0.4 is 0 Å². The monoisotopic (exact) mass is 2840 g/mol. The van der Waals surface area contributed by atoms with E-state index in [2.05, 4.69) is 61.4 Å². The standard InChI is InChI=1S/2C5.10C2H4O2.10Hg.Ru/c2*1-2-4-5-3-1;10*1-2(3)4;;;;;;;;;;;/h;;10*1H3,(H,3,4);;;;;;;;;;;/q2*-1;;;;;;;;;;;10*+1;. The Bertz CT molecular complexity index is 800. The Morgan fingerprint density at radius 1 is 0.246 bits per heavy atom. The minimum Gasteiger partial charge on any atom is -0.481 e. The van der Waals surface area contributed by atoms with Crippen LogP contribution in [0, 0.1) is 61.4 Å². The zero-order chi connectivity index (χ0) is 42.8. The maximum Gasteiger partial charge on any atom is 1.00 e. The van der Waals surface area contributed by atoms with Crippen molar-refractivity contribution in [2.75, 3.05) is 0 Å². The number of rotatable bonds is 0. The van der Waals surface area contributed by atoms with Gasteiger partial charge in [-0.1, -0.05) is 0 Å². The molecule has 0 unspecified atom stereocenters. The van der Waals surface area contributed by atoms with Crippen LogP contribution in [0.1, 0.15) is 69.2 Å². The zero-order valence-electron chi connectivity index (χ0n) is 36.0. The van der Waals surface area contributed by atoms with Crippen molar-refractivity contribution >= 4 is 59.7 Å². The van der Waals surface area contributed by atoms with Gasteiger partial charge in [0, 0.05) is 88.7 Å². The van der Waals surface area contributed by atoms with Crippen molar-refractivity contribution in [3.8, 4) is 0 Å². The summed E-state index contributed by atoms with van der Waals surface area (Å²) in [5.74, 6) is -8.33. The van der Waals surface area contributed by atoms with Crippen LogP contribution >= 0.6 is 0 Å². The van der Waals surface area contributed by atoms with Crippen molar-refractivity contribution in [1.29, 1.82) is 0 Å².